The number of nitrogens with zero attached hydrogens (tertiary/aromatic N) is 1. The average molecular weight is 436 g/mol. The molecule has 144 valence electrons. The highest BCUT2D eigenvalue weighted by molar-refractivity contribution is 9.10. The second kappa shape index (κ2) is 7.50. The Morgan fingerprint density at radius 3 is 2.67 bits per heavy atom. The van der Waals surface area contributed by atoms with Gasteiger partial charge < -0.3 is 9.47 Å². The molecule has 0 bridgehead atoms. The number of halogens is 2. The summed E-state index contributed by atoms with van der Waals surface area (Å²) in [7, 11) is 1.60. The van der Waals surface area contributed by atoms with Crippen LogP contribution in [0.4, 0.5) is 14.9 Å². The number of benzene rings is 2. The van der Waals surface area contributed by atoms with Gasteiger partial charge in [0.1, 0.15) is 17.2 Å². The highest BCUT2D eigenvalue weighted by Crippen LogP contribution is 2.42. The molecule has 1 atom stereocenters. The number of carbonyl (C=O) groups excluding carboxylic acids is 1. The van der Waals surface area contributed by atoms with Crippen LogP contribution in [0.5, 0.6) is 5.75 Å². The van der Waals surface area contributed by atoms with E-state index in [0.29, 0.717) is 22.3 Å². The molecule has 2 aromatic carbocycles. The summed E-state index contributed by atoms with van der Waals surface area (Å²) < 4.78 is 25.6. The summed E-state index contributed by atoms with van der Waals surface area (Å²) in [6.45, 7) is 5.45. The Kier molecular flexibility index (Phi) is 5.47. The van der Waals surface area contributed by atoms with E-state index >= 15 is 0 Å². The lowest BCUT2D eigenvalue weighted by atomic mass is 9.91. The molecule has 0 radical (unpaired) electrons. The number of anilines is 1. The van der Waals surface area contributed by atoms with Crippen molar-refractivity contribution in [2.75, 3.05) is 12.0 Å². The van der Waals surface area contributed by atoms with Gasteiger partial charge in [0.15, 0.2) is 0 Å². The molecule has 1 aliphatic heterocycles. The molecule has 4 nitrogen and oxygen atoms in total. The van der Waals surface area contributed by atoms with Gasteiger partial charge in [-0.15, -0.1) is 0 Å². The van der Waals surface area contributed by atoms with Crippen molar-refractivity contribution in [3.05, 3.63) is 57.8 Å². The number of rotatable bonds is 2. The molecule has 0 aromatic heterocycles. The van der Waals surface area contributed by atoms with Gasteiger partial charge in [0, 0.05) is 0 Å². The molecule has 0 aliphatic carbocycles. The number of carbonyl (C=O) groups is 1. The first-order valence-electron chi connectivity index (χ1n) is 8.83. The number of hydrogen-bond donors (Lipinski definition) is 0. The van der Waals surface area contributed by atoms with Gasteiger partial charge in [-0.3, -0.25) is 4.90 Å². The quantitative estimate of drug-likeness (QED) is 0.578. The number of ether oxygens (including phenoxy) is 2. The molecule has 0 fully saturated rings. The van der Waals surface area contributed by atoms with E-state index < -0.39 is 17.5 Å². The molecule has 2 aromatic rings. The van der Waals surface area contributed by atoms with Gasteiger partial charge in [-0.25, -0.2) is 9.18 Å². The first kappa shape index (κ1) is 19.7. The average Bonchev–Trinajstić information content (AvgIpc) is 2.60. The molecular weight excluding hydrogens is 413 g/mol. The van der Waals surface area contributed by atoms with E-state index in [1.807, 2.05) is 45.0 Å². The maximum absolute atomic E-state index is 14.3. The number of hydrogen-bond acceptors (Lipinski definition) is 3. The normalized spacial score (nSPS) is 16.7. The Labute approximate surface area is 167 Å². The smallest absolute Gasteiger partial charge is 0.415 e. The van der Waals surface area contributed by atoms with E-state index in [9.17, 15) is 9.18 Å². The summed E-state index contributed by atoms with van der Waals surface area (Å²) in [5.74, 6) is 0.304. The molecule has 3 rings (SSSR count). The third kappa shape index (κ3) is 4.26. The molecule has 6 heteroatoms. The zero-order chi connectivity index (χ0) is 19.8. The second-order valence-corrected chi connectivity index (χ2v) is 8.43. The maximum Gasteiger partial charge on any atom is 0.415 e. The largest absolute Gasteiger partial charge is 0.497 e. The van der Waals surface area contributed by atoms with Crippen molar-refractivity contribution in [1.82, 2.24) is 0 Å². The van der Waals surface area contributed by atoms with Gasteiger partial charge in [-0.05, 0) is 84.9 Å². The van der Waals surface area contributed by atoms with Crippen molar-refractivity contribution in [1.29, 1.82) is 0 Å². The summed E-state index contributed by atoms with van der Waals surface area (Å²) in [6.07, 6.45) is 0.949. The fraction of sp³-hybridized carbons (Fsp3) is 0.381. The Morgan fingerprint density at radius 2 is 2.00 bits per heavy atom. The third-order valence-electron chi connectivity index (χ3n) is 4.45. The topological polar surface area (TPSA) is 38.8 Å². The lowest BCUT2D eigenvalue weighted by molar-refractivity contribution is 0.0560. The first-order valence-corrected chi connectivity index (χ1v) is 9.63. The molecule has 0 N–H and O–H groups in total. The fourth-order valence-electron chi connectivity index (χ4n) is 3.29. The van der Waals surface area contributed by atoms with Crippen molar-refractivity contribution in [2.45, 2.75) is 45.3 Å². The number of amides is 1. The van der Waals surface area contributed by atoms with E-state index in [4.69, 9.17) is 9.47 Å². The van der Waals surface area contributed by atoms with Crippen LogP contribution in [0.1, 0.15) is 44.4 Å². The molecule has 0 saturated carbocycles. The minimum atomic E-state index is -0.651. The van der Waals surface area contributed by atoms with Crippen LogP contribution in [0.3, 0.4) is 0 Å². The maximum atomic E-state index is 14.3. The van der Waals surface area contributed by atoms with E-state index in [0.717, 1.165) is 17.5 Å². The molecule has 1 amide bonds. The highest BCUT2D eigenvalue weighted by atomic mass is 79.9. The van der Waals surface area contributed by atoms with Crippen molar-refractivity contribution >= 4 is 27.7 Å². The molecule has 0 spiro atoms. The summed E-state index contributed by atoms with van der Waals surface area (Å²) in [6, 6.07) is 10.5. The van der Waals surface area contributed by atoms with Crippen molar-refractivity contribution in [3.63, 3.8) is 0 Å². The SMILES string of the molecule is COc1cccc(C2CCc3cc(Br)c(F)cc3N2C(=O)OC(C)(C)C)c1. The van der Waals surface area contributed by atoms with Crippen LogP contribution in [0, 0.1) is 5.82 Å². The summed E-state index contributed by atoms with van der Waals surface area (Å²) in [5.41, 5.74) is 1.73. The monoisotopic (exact) mass is 435 g/mol. The minimum absolute atomic E-state index is 0.261. The number of fused-ring (bicyclic) bond motifs is 1. The van der Waals surface area contributed by atoms with Crippen LogP contribution in [0.25, 0.3) is 0 Å². The Bertz CT molecular complexity index is 863. The summed E-state index contributed by atoms with van der Waals surface area (Å²) >= 11 is 3.23. The lowest BCUT2D eigenvalue weighted by Gasteiger charge is -2.38. The van der Waals surface area contributed by atoms with Crippen LogP contribution in [-0.2, 0) is 11.2 Å². The Morgan fingerprint density at radius 1 is 1.26 bits per heavy atom. The lowest BCUT2D eigenvalue weighted by Crippen LogP contribution is -2.42. The molecular formula is C21H23BrFNO3. The van der Waals surface area contributed by atoms with Crippen molar-refractivity contribution in [2.24, 2.45) is 0 Å². The van der Waals surface area contributed by atoms with Gasteiger partial charge >= 0.3 is 6.09 Å². The molecule has 1 heterocycles. The van der Waals surface area contributed by atoms with Crippen molar-refractivity contribution < 1.29 is 18.7 Å². The van der Waals surface area contributed by atoms with E-state index in [1.54, 1.807) is 18.1 Å². The molecule has 1 unspecified atom stereocenters. The van der Waals surface area contributed by atoms with Gasteiger partial charge in [0.2, 0.25) is 0 Å². The molecule has 0 saturated heterocycles. The molecule has 27 heavy (non-hydrogen) atoms. The summed E-state index contributed by atoms with van der Waals surface area (Å²) in [4.78, 5) is 14.6. The predicted octanol–water partition coefficient (Wildman–Crippen LogP) is 6.03. The van der Waals surface area contributed by atoms with Gasteiger partial charge in [0.05, 0.1) is 23.3 Å². The van der Waals surface area contributed by atoms with E-state index in [1.165, 1.54) is 6.07 Å². The zero-order valence-electron chi connectivity index (χ0n) is 15.9. The second-order valence-electron chi connectivity index (χ2n) is 7.58. The minimum Gasteiger partial charge on any atom is -0.497 e. The Balaban J connectivity index is 2.09. The summed E-state index contributed by atoms with van der Waals surface area (Å²) in [5, 5.41) is 0. The van der Waals surface area contributed by atoms with Crippen LogP contribution >= 0.6 is 15.9 Å². The van der Waals surface area contributed by atoms with Gasteiger partial charge in [0.25, 0.3) is 0 Å². The standard InChI is InChI=1S/C21H23BrFNO3/c1-21(2,3)27-20(25)24-18(13-6-5-7-15(10-13)26-4)9-8-14-11-16(22)17(23)12-19(14)24/h5-7,10-12,18H,8-9H2,1-4H3. The third-order valence-corrected chi connectivity index (χ3v) is 5.06. The Hall–Kier alpha value is -2.08. The molecule has 1 aliphatic rings. The van der Waals surface area contributed by atoms with Crippen LogP contribution in [0.15, 0.2) is 40.9 Å². The van der Waals surface area contributed by atoms with Gasteiger partial charge in [-0.1, -0.05) is 12.1 Å². The fourth-order valence-corrected chi connectivity index (χ4v) is 3.68. The van der Waals surface area contributed by atoms with Crippen LogP contribution in [-0.4, -0.2) is 18.8 Å². The van der Waals surface area contributed by atoms with Gasteiger partial charge in [-0.2, -0.15) is 0 Å². The van der Waals surface area contributed by atoms with E-state index in [-0.39, 0.29) is 6.04 Å². The van der Waals surface area contributed by atoms with Crippen LogP contribution < -0.4 is 9.64 Å². The first-order chi connectivity index (χ1) is 12.7. The van der Waals surface area contributed by atoms with Crippen LogP contribution in [0.2, 0.25) is 0 Å². The number of aryl methyl sites for hydroxylation is 1. The zero-order valence-corrected chi connectivity index (χ0v) is 17.5. The highest BCUT2D eigenvalue weighted by Gasteiger charge is 2.35. The van der Waals surface area contributed by atoms with Crippen molar-refractivity contribution in [3.8, 4) is 5.75 Å². The number of methoxy groups -OCH3 is 1. The van der Waals surface area contributed by atoms with E-state index in [2.05, 4.69) is 15.9 Å². The predicted molar refractivity (Wildman–Crippen MR) is 107 cm³/mol.